The van der Waals surface area contributed by atoms with E-state index >= 15 is 0 Å². The number of ether oxygens (including phenoxy) is 1. The molecule has 0 aliphatic carbocycles. The lowest BCUT2D eigenvalue weighted by Crippen LogP contribution is -2.45. The van der Waals surface area contributed by atoms with E-state index in [9.17, 15) is 24.0 Å². The molecule has 1 aliphatic heterocycles. The Labute approximate surface area is 155 Å². The summed E-state index contributed by atoms with van der Waals surface area (Å²) in [6, 6.07) is 5.13. The van der Waals surface area contributed by atoms with Gasteiger partial charge in [0.05, 0.1) is 12.1 Å². The normalized spacial score (nSPS) is 15.0. The number of primary amides is 1. The summed E-state index contributed by atoms with van der Waals surface area (Å²) >= 11 is 0. The molecule has 27 heavy (non-hydrogen) atoms. The van der Waals surface area contributed by atoms with Crippen molar-refractivity contribution in [2.75, 3.05) is 0 Å². The third-order valence-electron chi connectivity index (χ3n) is 4.03. The lowest BCUT2D eigenvalue weighted by Gasteiger charge is -2.20. The summed E-state index contributed by atoms with van der Waals surface area (Å²) in [5.74, 6) is -2.35. The van der Waals surface area contributed by atoms with E-state index in [1.165, 1.54) is 17.0 Å². The molecule has 144 valence electrons. The largest absolute Gasteiger partial charge is 0.448 e. The average molecular weight is 375 g/mol. The number of nitrogens with one attached hydrogen (secondary N) is 1. The van der Waals surface area contributed by atoms with Gasteiger partial charge in [-0.3, -0.25) is 24.6 Å². The zero-order valence-electron chi connectivity index (χ0n) is 15.1. The van der Waals surface area contributed by atoms with E-state index in [0.29, 0.717) is 5.56 Å². The minimum Gasteiger partial charge on any atom is -0.448 e. The monoisotopic (exact) mass is 375 g/mol. The predicted octanol–water partition coefficient (Wildman–Crippen LogP) is 0.712. The van der Waals surface area contributed by atoms with Crippen molar-refractivity contribution in [1.82, 2.24) is 10.2 Å². The molecule has 1 heterocycles. The Morgan fingerprint density at radius 1 is 1.11 bits per heavy atom. The number of hydrogen-bond acceptors (Lipinski definition) is 6. The number of hydrogen-bond donors (Lipinski definition) is 2. The summed E-state index contributed by atoms with van der Waals surface area (Å²) in [5, 5.41) is 1.89. The molecule has 0 spiro atoms. The number of carbonyl (C=O) groups is 5. The average Bonchev–Trinajstić information content (AvgIpc) is 2.91. The van der Waals surface area contributed by atoms with Crippen molar-refractivity contribution in [3.63, 3.8) is 0 Å². The molecule has 1 aromatic carbocycles. The van der Waals surface area contributed by atoms with Crippen LogP contribution in [0.1, 0.15) is 42.6 Å². The number of nitrogens with zero attached hydrogens (tertiary/aromatic N) is 1. The Kier molecular flexibility index (Phi) is 6.27. The van der Waals surface area contributed by atoms with Gasteiger partial charge in [-0.15, -0.1) is 0 Å². The Morgan fingerprint density at radius 2 is 1.67 bits per heavy atom. The maximum atomic E-state index is 12.3. The fourth-order valence-corrected chi connectivity index (χ4v) is 2.60. The van der Waals surface area contributed by atoms with Crippen LogP contribution >= 0.6 is 0 Å². The second-order valence-electron chi connectivity index (χ2n) is 6.49. The maximum absolute atomic E-state index is 12.3. The number of esters is 1. The molecule has 0 aromatic heterocycles. The first-order valence-corrected chi connectivity index (χ1v) is 8.42. The summed E-state index contributed by atoms with van der Waals surface area (Å²) in [4.78, 5) is 59.5. The van der Waals surface area contributed by atoms with Crippen molar-refractivity contribution in [3.8, 4) is 0 Å². The Morgan fingerprint density at radius 3 is 2.15 bits per heavy atom. The molecule has 1 aliphatic rings. The molecule has 5 amide bonds. The highest BCUT2D eigenvalue weighted by Gasteiger charge is 2.29. The highest BCUT2D eigenvalue weighted by Crippen LogP contribution is 2.17. The molecule has 1 aromatic rings. The number of nitrogens with two attached hydrogens (primary N) is 1. The number of amides is 5. The molecule has 0 radical (unpaired) electrons. The van der Waals surface area contributed by atoms with Gasteiger partial charge in [0.1, 0.15) is 0 Å². The van der Waals surface area contributed by atoms with E-state index in [0.717, 1.165) is 0 Å². The second kappa shape index (κ2) is 8.43. The van der Waals surface area contributed by atoms with Crippen LogP contribution < -0.4 is 11.1 Å². The lowest BCUT2D eigenvalue weighted by molar-refractivity contribution is -0.139. The van der Waals surface area contributed by atoms with Gasteiger partial charge >= 0.3 is 12.0 Å². The van der Waals surface area contributed by atoms with Gasteiger partial charge in [0.2, 0.25) is 11.8 Å². The highest BCUT2D eigenvalue weighted by molar-refractivity contribution is 6.02. The van der Waals surface area contributed by atoms with Crippen molar-refractivity contribution >= 4 is 29.7 Å². The summed E-state index contributed by atoms with van der Waals surface area (Å²) < 4.78 is 5.19. The standard InChI is InChI=1S/C18H21N3O6/c1-10(2)15(16(24)20-18(19)26)27-17(25)12-5-3-11(4-6-12)9-21-13(22)7-8-14(21)23/h3-6,10,15H,7-9H2,1-2H3,(H3,19,20,24,26). The fraction of sp³-hybridized carbons (Fsp3) is 0.389. The maximum Gasteiger partial charge on any atom is 0.338 e. The van der Waals surface area contributed by atoms with Crippen LogP contribution in [0.2, 0.25) is 0 Å². The molecular weight excluding hydrogens is 354 g/mol. The van der Waals surface area contributed by atoms with Crippen LogP contribution in [0.5, 0.6) is 0 Å². The molecule has 0 saturated carbocycles. The van der Waals surface area contributed by atoms with Crippen molar-refractivity contribution < 1.29 is 28.7 Å². The van der Waals surface area contributed by atoms with Crippen LogP contribution in [0.15, 0.2) is 24.3 Å². The molecule has 0 bridgehead atoms. The Balaban J connectivity index is 2.03. The summed E-state index contributed by atoms with van der Waals surface area (Å²) in [5.41, 5.74) is 5.79. The molecular formula is C18H21N3O6. The highest BCUT2D eigenvalue weighted by atomic mass is 16.5. The molecule has 1 saturated heterocycles. The van der Waals surface area contributed by atoms with Crippen LogP contribution in [0.3, 0.4) is 0 Å². The number of imide groups is 2. The van der Waals surface area contributed by atoms with Crippen molar-refractivity contribution in [1.29, 1.82) is 0 Å². The molecule has 2 rings (SSSR count). The zero-order chi connectivity index (χ0) is 20.1. The quantitative estimate of drug-likeness (QED) is 0.555. The Bertz CT molecular complexity index is 756. The minimum atomic E-state index is -1.18. The Hall–Kier alpha value is -3.23. The summed E-state index contributed by atoms with van der Waals surface area (Å²) in [7, 11) is 0. The molecule has 9 nitrogen and oxygen atoms in total. The van der Waals surface area contributed by atoms with Gasteiger partial charge in [0.15, 0.2) is 6.10 Å². The predicted molar refractivity (Wildman–Crippen MR) is 93.0 cm³/mol. The number of likely N-dealkylation sites (tertiary alicyclic amines) is 1. The molecule has 9 heteroatoms. The van der Waals surface area contributed by atoms with Gasteiger partial charge in [0.25, 0.3) is 5.91 Å². The lowest BCUT2D eigenvalue weighted by atomic mass is 10.1. The van der Waals surface area contributed by atoms with E-state index in [2.05, 4.69) is 0 Å². The van der Waals surface area contributed by atoms with Crippen molar-refractivity contribution in [2.24, 2.45) is 11.7 Å². The number of rotatable bonds is 6. The smallest absolute Gasteiger partial charge is 0.338 e. The first kappa shape index (κ1) is 20.1. The minimum absolute atomic E-state index is 0.141. The fourth-order valence-electron chi connectivity index (χ4n) is 2.60. The van der Waals surface area contributed by atoms with E-state index in [1.54, 1.807) is 26.0 Å². The topological polar surface area (TPSA) is 136 Å². The third-order valence-corrected chi connectivity index (χ3v) is 4.03. The van der Waals surface area contributed by atoms with Gasteiger partial charge in [-0.25, -0.2) is 9.59 Å². The van der Waals surface area contributed by atoms with Crippen LogP contribution in [-0.4, -0.2) is 40.7 Å². The third kappa shape index (κ3) is 5.13. The SMILES string of the molecule is CC(C)C(OC(=O)c1ccc(CN2C(=O)CCC2=O)cc1)C(=O)NC(N)=O. The molecule has 3 N–H and O–H groups in total. The molecule has 1 atom stereocenters. The van der Waals surface area contributed by atoms with Crippen molar-refractivity contribution in [2.45, 2.75) is 39.3 Å². The first-order chi connectivity index (χ1) is 12.7. The van der Waals surface area contributed by atoms with E-state index < -0.39 is 24.0 Å². The first-order valence-electron chi connectivity index (χ1n) is 8.42. The summed E-state index contributed by atoms with van der Waals surface area (Å²) in [6.45, 7) is 3.46. The van der Waals surface area contributed by atoms with Crippen LogP contribution in [0.4, 0.5) is 4.79 Å². The van der Waals surface area contributed by atoms with Gasteiger partial charge in [-0.05, 0) is 23.6 Å². The summed E-state index contributed by atoms with van der Waals surface area (Å²) in [6.07, 6.45) is -0.745. The number of carbonyl (C=O) groups excluding carboxylic acids is 5. The van der Waals surface area contributed by atoms with Crippen LogP contribution in [-0.2, 0) is 25.7 Å². The van der Waals surface area contributed by atoms with Gasteiger partial charge < -0.3 is 10.5 Å². The number of benzene rings is 1. The van der Waals surface area contributed by atoms with Gasteiger partial charge in [-0.1, -0.05) is 26.0 Å². The van der Waals surface area contributed by atoms with Crippen molar-refractivity contribution in [3.05, 3.63) is 35.4 Å². The van der Waals surface area contributed by atoms with Crippen LogP contribution in [0, 0.1) is 5.92 Å². The van der Waals surface area contributed by atoms with Crippen LogP contribution in [0.25, 0.3) is 0 Å². The van der Waals surface area contributed by atoms with Gasteiger partial charge in [0, 0.05) is 12.8 Å². The second-order valence-corrected chi connectivity index (χ2v) is 6.49. The van der Waals surface area contributed by atoms with E-state index in [-0.39, 0.29) is 42.7 Å². The molecule has 1 unspecified atom stereocenters. The number of urea groups is 1. The zero-order valence-corrected chi connectivity index (χ0v) is 15.1. The van der Waals surface area contributed by atoms with E-state index in [4.69, 9.17) is 10.5 Å². The van der Waals surface area contributed by atoms with Gasteiger partial charge in [-0.2, -0.15) is 0 Å². The van der Waals surface area contributed by atoms with E-state index in [1.807, 2.05) is 5.32 Å². The molecule has 1 fully saturated rings.